The summed E-state index contributed by atoms with van der Waals surface area (Å²) in [6.07, 6.45) is 5.06. The summed E-state index contributed by atoms with van der Waals surface area (Å²) in [6.45, 7) is 16.5. The third-order valence-electron chi connectivity index (χ3n) is 8.33. The molecule has 3 aromatic rings. The molecule has 240 valence electrons. The molecule has 45 heavy (non-hydrogen) atoms. The van der Waals surface area contributed by atoms with Crippen LogP contribution in [0, 0.1) is 12.3 Å². The monoisotopic (exact) mass is 611 g/mol. The Hall–Kier alpha value is -4.04. The minimum atomic E-state index is -0.315. The number of likely N-dealkylation sites (tertiary alicyclic amines) is 1. The average molecular weight is 612 g/mol. The van der Waals surface area contributed by atoms with E-state index in [4.69, 9.17) is 0 Å². The second-order valence-corrected chi connectivity index (χ2v) is 14.5. The highest BCUT2D eigenvalue weighted by atomic mass is 16.2. The van der Waals surface area contributed by atoms with Crippen LogP contribution < -0.4 is 16.0 Å². The van der Waals surface area contributed by atoms with Crippen LogP contribution in [0.2, 0.25) is 0 Å². The molecular weight excluding hydrogens is 562 g/mol. The number of benzene rings is 2. The lowest BCUT2D eigenvalue weighted by molar-refractivity contribution is 0.0924. The summed E-state index contributed by atoms with van der Waals surface area (Å²) in [5.74, 6) is -0.604. The highest BCUT2D eigenvalue weighted by Gasteiger charge is 2.23. The fourth-order valence-corrected chi connectivity index (χ4v) is 5.38. The first kappa shape index (κ1) is 33.8. The number of carbonyl (C=O) groups is 3. The number of nitrogens with one attached hydrogen (secondary N) is 3. The van der Waals surface area contributed by atoms with Gasteiger partial charge in [0, 0.05) is 47.1 Å². The van der Waals surface area contributed by atoms with Crippen LogP contribution in [-0.2, 0) is 5.41 Å². The standard InChI is InChI=1S/C37H49N5O3/c1-24-32(25-12-14-26(15-13-25)33(43)40-23-36(2,3)4)20-30(21-38-24)41-35(45)28-17-27(18-29(19-28)37(5,6)7)34(44)39-22-31-11-9-10-16-42(31)8/h12-15,17-21,31H,9-11,16,22-23H2,1-8H3,(H,39,44)(H,40,43)(H,41,45). The van der Waals surface area contributed by atoms with E-state index in [1.54, 1.807) is 24.4 Å². The third-order valence-corrected chi connectivity index (χ3v) is 8.33. The Morgan fingerprint density at radius 1 is 0.844 bits per heavy atom. The maximum atomic E-state index is 13.6. The van der Waals surface area contributed by atoms with Gasteiger partial charge in [0.2, 0.25) is 0 Å². The number of amides is 3. The second kappa shape index (κ2) is 13.9. The van der Waals surface area contributed by atoms with E-state index in [0.717, 1.165) is 35.3 Å². The molecule has 8 heteroatoms. The molecule has 4 rings (SSSR count). The van der Waals surface area contributed by atoms with E-state index in [0.29, 0.717) is 41.5 Å². The van der Waals surface area contributed by atoms with Crippen LogP contribution in [-0.4, -0.2) is 60.3 Å². The predicted octanol–water partition coefficient (Wildman–Crippen LogP) is 6.60. The quantitative estimate of drug-likeness (QED) is 0.266. The van der Waals surface area contributed by atoms with E-state index in [1.165, 1.54) is 12.8 Å². The van der Waals surface area contributed by atoms with Gasteiger partial charge in [-0.1, -0.05) is 60.1 Å². The summed E-state index contributed by atoms with van der Waals surface area (Å²) in [4.78, 5) is 46.3. The van der Waals surface area contributed by atoms with Crippen molar-refractivity contribution in [2.75, 3.05) is 32.0 Å². The van der Waals surface area contributed by atoms with Crippen LogP contribution in [0.4, 0.5) is 5.69 Å². The Morgan fingerprint density at radius 2 is 1.49 bits per heavy atom. The molecule has 0 bridgehead atoms. The number of piperidine rings is 1. The predicted molar refractivity (Wildman–Crippen MR) is 182 cm³/mol. The fraction of sp³-hybridized carbons (Fsp3) is 0.459. The Kier molecular flexibility index (Phi) is 10.5. The summed E-state index contributed by atoms with van der Waals surface area (Å²) in [5, 5.41) is 9.07. The van der Waals surface area contributed by atoms with Crippen molar-refractivity contribution in [2.24, 2.45) is 5.41 Å². The van der Waals surface area contributed by atoms with Crippen molar-refractivity contribution in [3.05, 3.63) is 82.7 Å². The highest BCUT2D eigenvalue weighted by molar-refractivity contribution is 6.06. The molecule has 3 N–H and O–H groups in total. The summed E-state index contributed by atoms with van der Waals surface area (Å²) in [6, 6.07) is 15.0. The van der Waals surface area contributed by atoms with Crippen LogP contribution in [0.1, 0.15) is 103 Å². The molecule has 1 aromatic heterocycles. The van der Waals surface area contributed by atoms with E-state index in [1.807, 2.05) is 37.3 Å². The lowest BCUT2D eigenvalue weighted by Crippen LogP contribution is -2.44. The molecule has 1 aliphatic heterocycles. The number of nitrogens with zero attached hydrogens (tertiary/aromatic N) is 2. The van der Waals surface area contributed by atoms with Crippen molar-refractivity contribution in [2.45, 2.75) is 79.2 Å². The first-order chi connectivity index (χ1) is 21.1. The van der Waals surface area contributed by atoms with Crippen LogP contribution in [0.3, 0.4) is 0 Å². The highest BCUT2D eigenvalue weighted by Crippen LogP contribution is 2.28. The first-order valence-electron chi connectivity index (χ1n) is 15.9. The zero-order chi connectivity index (χ0) is 32.9. The maximum Gasteiger partial charge on any atom is 0.255 e. The molecule has 0 radical (unpaired) electrons. The van der Waals surface area contributed by atoms with Gasteiger partial charge in [0.15, 0.2) is 0 Å². The van der Waals surface area contributed by atoms with Gasteiger partial charge in [-0.3, -0.25) is 19.4 Å². The van der Waals surface area contributed by atoms with Crippen molar-refractivity contribution in [3.63, 3.8) is 0 Å². The van der Waals surface area contributed by atoms with E-state index < -0.39 is 0 Å². The molecular formula is C37H49N5O3. The summed E-state index contributed by atoms with van der Waals surface area (Å²) in [7, 11) is 2.10. The number of aryl methyl sites for hydroxylation is 1. The maximum absolute atomic E-state index is 13.6. The number of rotatable bonds is 8. The lowest BCUT2D eigenvalue weighted by Gasteiger charge is -2.32. The molecule has 0 spiro atoms. The lowest BCUT2D eigenvalue weighted by atomic mass is 9.84. The molecule has 8 nitrogen and oxygen atoms in total. The largest absolute Gasteiger partial charge is 0.352 e. The van der Waals surface area contributed by atoms with Crippen molar-refractivity contribution in [1.29, 1.82) is 0 Å². The van der Waals surface area contributed by atoms with Gasteiger partial charge in [0.25, 0.3) is 17.7 Å². The number of carbonyl (C=O) groups excluding carboxylic acids is 3. The van der Waals surface area contributed by atoms with Crippen LogP contribution in [0.25, 0.3) is 11.1 Å². The van der Waals surface area contributed by atoms with Gasteiger partial charge in [0.05, 0.1) is 11.9 Å². The third kappa shape index (κ3) is 9.24. The van der Waals surface area contributed by atoms with E-state index in [2.05, 4.69) is 74.4 Å². The van der Waals surface area contributed by atoms with Crippen molar-refractivity contribution >= 4 is 23.4 Å². The summed E-state index contributed by atoms with van der Waals surface area (Å²) >= 11 is 0. The topological polar surface area (TPSA) is 103 Å². The van der Waals surface area contributed by atoms with Gasteiger partial charge in [-0.05, 0) is 91.7 Å². The number of aromatic nitrogens is 1. The van der Waals surface area contributed by atoms with Crippen LogP contribution in [0.5, 0.6) is 0 Å². The molecule has 1 aliphatic rings. The average Bonchev–Trinajstić information content (AvgIpc) is 2.99. The minimum absolute atomic E-state index is 0.00285. The Bertz CT molecular complexity index is 1530. The Balaban J connectivity index is 1.52. The molecule has 3 amide bonds. The molecule has 0 saturated carbocycles. The molecule has 1 fully saturated rings. The Morgan fingerprint density at radius 3 is 2.11 bits per heavy atom. The summed E-state index contributed by atoms with van der Waals surface area (Å²) in [5.41, 5.74) is 5.20. The van der Waals surface area contributed by atoms with Crippen LogP contribution in [0.15, 0.2) is 54.7 Å². The van der Waals surface area contributed by atoms with Crippen molar-refractivity contribution in [3.8, 4) is 11.1 Å². The Labute approximate surface area is 268 Å². The fourth-order valence-electron chi connectivity index (χ4n) is 5.38. The van der Waals surface area contributed by atoms with Gasteiger partial charge in [-0.15, -0.1) is 0 Å². The number of pyridine rings is 1. The molecule has 1 unspecified atom stereocenters. The number of hydrogen-bond acceptors (Lipinski definition) is 5. The first-order valence-corrected chi connectivity index (χ1v) is 15.9. The van der Waals surface area contributed by atoms with Gasteiger partial charge in [-0.2, -0.15) is 0 Å². The van der Waals surface area contributed by atoms with E-state index >= 15 is 0 Å². The molecule has 2 aromatic carbocycles. The molecule has 1 saturated heterocycles. The van der Waals surface area contributed by atoms with Gasteiger partial charge >= 0.3 is 0 Å². The number of likely N-dealkylation sites (N-methyl/N-ethyl adjacent to an activating group) is 1. The van der Waals surface area contributed by atoms with Gasteiger partial charge in [-0.25, -0.2) is 0 Å². The van der Waals surface area contributed by atoms with E-state index in [-0.39, 0.29) is 28.6 Å². The zero-order valence-corrected chi connectivity index (χ0v) is 28.1. The van der Waals surface area contributed by atoms with Gasteiger partial charge < -0.3 is 20.9 Å². The molecule has 1 atom stereocenters. The summed E-state index contributed by atoms with van der Waals surface area (Å²) < 4.78 is 0. The van der Waals surface area contributed by atoms with Crippen molar-refractivity contribution < 1.29 is 14.4 Å². The normalized spacial score (nSPS) is 15.8. The van der Waals surface area contributed by atoms with Crippen molar-refractivity contribution in [1.82, 2.24) is 20.5 Å². The zero-order valence-electron chi connectivity index (χ0n) is 28.1. The van der Waals surface area contributed by atoms with Crippen LogP contribution >= 0.6 is 0 Å². The number of hydrogen-bond donors (Lipinski definition) is 3. The minimum Gasteiger partial charge on any atom is -0.352 e. The van der Waals surface area contributed by atoms with E-state index in [9.17, 15) is 14.4 Å². The van der Waals surface area contributed by atoms with Gasteiger partial charge in [0.1, 0.15) is 0 Å². The SMILES string of the molecule is Cc1ncc(NC(=O)c2cc(C(=O)NCC3CCCCN3C)cc(C(C)(C)C)c2)cc1-c1ccc(C(=O)NCC(C)(C)C)cc1. The second-order valence-electron chi connectivity index (χ2n) is 14.5. The molecule has 0 aliphatic carbocycles. The number of anilines is 1. The molecule has 2 heterocycles. The smallest absolute Gasteiger partial charge is 0.255 e.